The first-order valence-electron chi connectivity index (χ1n) is 7.09. The van der Waals surface area contributed by atoms with E-state index in [1.807, 2.05) is 18.2 Å². The zero-order valence-electron chi connectivity index (χ0n) is 11.6. The van der Waals surface area contributed by atoms with Crippen LogP contribution in [-0.2, 0) is 4.74 Å². The summed E-state index contributed by atoms with van der Waals surface area (Å²) in [7, 11) is 0. The van der Waals surface area contributed by atoms with E-state index >= 15 is 0 Å². The lowest BCUT2D eigenvalue weighted by atomic mass is 9.96. The van der Waals surface area contributed by atoms with Crippen molar-refractivity contribution in [3.05, 3.63) is 47.6 Å². The highest BCUT2D eigenvalue weighted by molar-refractivity contribution is 5.24. The number of aromatic nitrogens is 2. The second-order valence-electron chi connectivity index (χ2n) is 4.93. The Labute approximate surface area is 118 Å². The Kier molecular flexibility index (Phi) is 4.08. The maximum Gasteiger partial charge on any atom is 0.234 e. The lowest BCUT2D eigenvalue weighted by molar-refractivity contribution is 0.0208. The van der Waals surface area contributed by atoms with Gasteiger partial charge in [0, 0.05) is 13.1 Å². The largest absolute Gasteiger partial charge is 0.367 e. The summed E-state index contributed by atoms with van der Waals surface area (Å²) in [4.78, 5) is 4.54. The van der Waals surface area contributed by atoms with E-state index in [0.717, 1.165) is 19.5 Å². The Hall–Kier alpha value is -1.72. The van der Waals surface area contributed by atoms with Crippen LogP contribution >= 0.6 is 0 Å². The van der Waals surface area contributed by atoms with E-state index in [-0.39, 0.29) is 12.0 Å². The van der Waals surface area contributed by atoms with Gasteiger partial charge in [-0.25, -0.2) is 0 Å². The van der Waals surface area contributed by atoms with E-state index < -0.39 is 0 Å². The minimum absolute atomic E-state index is 0.102. The molecule has 1 saturated heterocycles. The molecule has 0 bridgehead atoms. The molecule has 2 atom stereocenters. The minimum atomic E-state index is -0.102. The average molecular weight is 273 g/mol. The second-order valence-corrected chi connectivity index (χ2v) is 4.93. The van der Waals surface area contributed by atoms with Gasteiger partial charge in [-0.2, -0.15) is 4.98 Å². The van der Waals surface area contributed by atoms with Crippen LogP contribution in [0.25, 0.3) is 0 Å². The molecule has 1 fully saturated rings. The molecule has 1 aliphatic rings. The molecular formula is C15H19N3O2. The predicted octanol–water partition coefficient (Wildman–Crippen LogP) is 2.27. The van der Waals surface area contributed by atoms with E-state index in [1.54, 1.807) is 0 Å². The molecule has 5 nitrogen and oxygen atoms in total. The summed E-state index contributed by atoms with van der Waals surface area (Å²) in [6.45, 7) is 4.43. The van der Waals surface area contributed by atoms with Gasteiger partial charge in [-0.15, -0.1) is 0 Å². The van der Waals surface area contributed by atoms with Crippen LogP contribution in [0.3, 0.4) is 0 Å². The predicted molar refractivity (Wildman–Crippen MR) is 74.4 cm³/mol. The van der Waals surface area contributed by atoms with Gasteiger partial charge in [0.1, 0.15) is 6.10 Å². The monoisotopic (exact) mass is 273 g/mol. The lowest BCUT2D eigenvalue weighted by Gasteiger charge is -2.20. The highest BCUT2D eigenvalue weighted by Gasteiger charge is 2.24. The van der Waals surface area contributed by atoms with E-state index in [1.165, 1.54) is 5.56 Å². The SMILES string of the molecule is CCC(c1ccccc1)c1nc(C2CNCCO2)no1. The number of morpholine rings is 1. The summed E-state index contributed by atoms with van der Waals surface area (Å²) in [5.74, 6) is 1.46. The van der Waals surface area contributed by atoms with Crippen molar-refractivity contribution in [3.63, 3.8) is 0 Å². The zero-order valence-corrected chi connectivity index (χ0v) is 11.6. The molecule has 20 heavy (non-hydrogen) atoms. The number of hydrogen-bond acceptors (Lipinski definition) is 5. The van der Waals surface area contributed by atoms with Gasteiger partial charge in [-0.1, -0.05) is 42.4 Å². The average Bonchev–Trinajstić information content (AvgIpc) is 3.00. The van der Waals surface area contributed by atoms with E-state index in [0.29, 0.717) is 18.3 Å². The molecule has 5 heteroatoms. The van der Waals surface area contributed by atoms with Crippen molar-refractivity contribution in [2.45, 2.75) is 25.4 Å². The van der Waals surface area contributed by atoms with Crippen LogP contribution in [0.2, 0.25) is 0 Å². The maximum absolute atomic E-state index is 5.65. The molecule has 0 amide bonds. The van der Waals surface area contributed by atoms with Crippen molar-refractivity contribution < 1.29 is 9.26 Å². The summed E-state index contributed by atoms with van der Waals surface area (Å²) in [5, 5.41) is 7.35. The van der Waals surface area contributed by atoms with Crippen LogP contribution in [0.15, 0.2) is 34.9 Å². The van der Waals surface area contributed by atoms with Gasteiger partial charge in [-0.3, -0.25) is 0 Å². The Bertz CT molecular complexity index is 535. The Morgan fingerprint density at radius 2 is 2.20 bits per heavy atom. The van der Waals surface area contributed by atoms with Crippen molar-refractivity contribution in [2.75, 3.05) is 19.7 Å². The van der Waals surface area contributed by atoms with Crippen LogP contribution < -0.4 is 5.32 Å². The highest BCUT2D eigenvalue weighted by Crippen LogP contribution is 2.27. The molecular weight excluding hydrogens is 254 g/mol. The first-order valence-corrected chi connectivity index (χ1v) is 7.09. The third kappa shape index (κ3) is 2.73. The van der Waals surface area contributed by atoms with Gasteiger partial charge < -0.3 is 14.6 Å². The molecule has 1 aromatic carbocycles. The molecule has 1 aliphatic heterocycles. The number of ether oxygens (including phenoxy) is 1. The second kappa shape index (κ2) is 6.15. The van der Waals surface area contributed by atoms with Crippen LogP contribution in [0.1, 0.15) is 42.6 Å². The summed E-state index contributed by atoms with van der Waals surface area (Å²) in [6, 6.07) is 10.3. The fraction of sp³-hybridized carbons (Fsp3) is 0.467. The Morgan fingerprint density at radius 3 is 2.90 bits per heavy atom. The molecule has 2 unspecified atom stereocenters. The van der Waals surface area contributed by atoms with Crippen LogP contribution in [0.5, 0.6) is 0 Å². The third-order valence-electron chi connectivity index (χ3n) is 3.58. The molecule has 1 N–H and O–H groups in total. The van der Waals surface area contributed by atoms with Crippen molar-refractivity contribution in [1.82, 2.24) is 15.5 Å². The van der Waals surface area contributed by atoms with Gasteiger partial charge in [0.2, 0.25) is 11.7 Å². The van der Waals surface area contributed by atoms with Crippen LogP contribution in [-0.4, -0.2) is 29.8 Å². The number of rotatable bonds is 4. The summed E-state index contributed by atoms with van der Waals surface area (Å²) >= 11 is 0. The number of nitrogens with zero attached hydrogens (tertiary/aromatic N) is 2. The Morgan fingerprint density at radius 1 is 1.35 bits per heavy atom. The molecule has 0 spiro atoms. The van der Waals surface area contributed by atoms with E-state index in [9.17, 15) is 0 Å². The summed E-state index contributed by atoms with van der Waals surface area (Å²) < 4.78 is 11.1. The number of hydrogen-bond donors (Lipinski definition) is 1. The fourth-order valence-corrected chi connectivity index (χ4v) is 2.49. The zero-order chi connectivity index (χ0) is 13.8. The van der Waals surface area contributed by atoms with Gasteiger partial charge in [0.05, 0.1) is 12.5 Å². The number of nitrogens with one attached hydrogen (secondary N) is 1. The van der Waals surface area contributed by atoms with E-state index in [4.69, 9.17) is 9.26 Å². The first kappa shape index (κ1) is 13.3. The van der Waals surface area contributed by atoms with Crippen LogP contribution in [0.4, 0.5) is 0 Å². The molecule has 3 rings (SSSR count). The molecule has 0 aliphatic carbocycles. The maximum atomic E-state index is 5.65. The lowest BCUT2D eigenvalue weighted by Crippen LogP contribution is -2.33. The quantitative estimate of drug-likeness (QED) is 0.926. The van der Waals surface area contributed by atoms with Gasteiger partial charge >= 0.3 is 0 Å². The van der Waals surface area contributed by atoms with Crippen LogP contribution in [0, 0.1) is 0 Å². The molecule has 1 aromatic heterocycles. The van der Waals surface area contributed by atoms with Gasteiger partial charge in [0.15, 0.2) is 0 Å². The first-order chi connectivity index (χ1) is 9.88. The molecule has 0 saturated carbocycles. The molecule has 106 valence electrons. The van der Waals surface area contributed by atoms with E-state index in [2.05, 4.69) is 34.5 Å². The standard InChI is InChI=1S/C15H19N3O2/c1-2-12(11-6-4-3-5-7-11)15-17-14(18-20-15)13-10-16-8-9-19-13/h3-7,12-13,16H,2,8-10H2,1H3. The Balaban J connectivity index is 1.81. The topological polar surface area (TPSA) is 60.2 Å². The minimum Gasteiger partial charge on any atom is -0.367 e. The summed E-state index contributed by atoms with van der Waals surface area (Å²) in [5.41, 5.74) is 1.20. The smallest absolute Gasteiger partial charge is 0.234 e. The summed E-state index contributed by atoms with van der Waals surface area (Å²) in [6.07, 6.45) is 0.824. The fourth-order valence-electron chi connectivity index (χ4n) is 2.49. The normalized spacial score (nSPS) is 20.8. The van der Waals surface area contributed by atoms with Crippen molar-refractivity contribution in [2.24, 2.45) is 0 Å². The number of benzene rings is 1. The van der Waals surface area contributed by atoms with Crippen molar-refractivity contribution in [3.8, 4) is 0 Å². The van der Waals surface area contributed by atoms with Crippen molar-refractivity contribution in [1.29, 1.82) is 0 Å². The highest BCUT2D eigenvalue weighted by atomic mass is 16.5. The van der Waals surface area contributed by atoms with Gasteiger partial charge in [-0.05, 0) is 12.0 Å². The molecule has 2 aromatic rings. The van der Waals surface area contributed by atoms with Gasteiger partial charge in [0.25, 0.3) is 0 Å². The molecule has 2 heterocycles. The van der Waals surface area contributed by atoms with Crippen molar-refractivity contribution >= 4 is 0 Å². The third-order valence-corrected chi connectivity index (χ3v) is 3.58. The molecule has 0 radical (unpaired) electrons.